The lowest BCUT2D eigenvalue weighted by Crippen LogP contribution is -2.46. The second-order valence-electron chi connectivity index (χ2n) is 5.05. The SMILES string of the molecule is CCCS(=O)(=O)CC(=O)NC1CCCCC1CN.Cl. The summed E-state index contributed by atoms with van der Waals surface area (Å²) in [5, 5.41) is 2.84. The van der Waals surface area contributed by atoms with E-state index in [0.717, 1.165) is 25.7 Å². The van der Waals surface area contributed by atoms with Gasteiger partial charge in [-0.3, -0.25) is 4.79 Å². The lowest BCUT2D eigenvalue weighted by Gasteiger charge is -2.31. The van der Waals surface area contributed by atoms with Crippen molar-refractivity contribution in [3.8, 4) is 0 Å². The van der Waals surface area contributed by atoms with Gasteiger partial charge in [0.25, 0.3) is 0 Å². The number of carbonyl (C=O) groups is 1. The average molecular weight is 313 g/mol. The van der Waals surface area contributed by atoms with E-state index in [9.17, 15) is 13.2 Å². The molecule has 1 rings (SSSR count). The maximum atomic E-state index is 11.7. The van der Waals surface area contributed by atoms with Crippen molar-refractivity contribution < 1.29 is 13.2 Å². The van der Waals surface area contributed by atoms with Gasteiger partial charge in [-0.25, -0.2) is 8.42 Å². The number of carbonyl (C=O) groups excluding carboxylic acids is 1. The van der Waals surface area contributed by atoms with Crippen molar-refractivity contribution in [3.05, 3.63) is 0 Å². The summed E-state index contributed by atoms with van der Waals surface area (Å²) in [6.45, 7) is 2.34. The summed E-state index contributed by atoms with van der Waals surface area (Å²) in [5.41, 5.74) is 5.67. The molecule has 0 aromatic heterocycles. The smallest absolute Gasteiger partial charge is 0.235 e. The Kier molecular flexibility index (Phi) is 8.61. The van der Waals surface area contributed by atoms with E-state index in [2.05, 4.69) is 5.32 Å². The number of amides is 1. The van der Waals surface area contributed by atoms with Gasteiger partial charge in [0, 0.05) is 6.04 Å². The monoisotopic (exact) mass is 312 g/mol. The molecular formula is C12H25ClN2O3S. The van der Waals surface area contributed by atoms with Crippen LogP contribution < -0.4 is 11.1 Å². The maximum absolute atomic E-state index is 11.7. The summed E-state index contributed by atoms with van der Waals surface area (Å²) in [4.78, 5) is 11.7. The minimum Gasteiger partial charge on any atom is -0.352 e. The predicted molar refractivity (Wildman–Crippen MR) is 79.1 cm³/mol. The molecule has 19 heavy (non-hydrogen) atoms. The highest BCUT2D eigenvalue weighted by atomic mass is 35.5. The Labute approximate surface area is 122 Å². The van der Waals surface area contributed by atoms with Crippen molar-refractivity contribution in [2.24, 2.45) is 11.7 Å². The summed E-state index contributed by atoms with van der Waals surface area (Å²) in [7, 11) is -3.25. The molecule has 7 heteroatoms. The molecule has 3 N–H and O–H groups in total. The summed E-state index contributed by atoms with van der Waals surface area (Å²) in [6, 6.07) is 0.0491. The zero-order valence-corrected chi connectivity index (χ0v) is 13.1. The number of rotatable bonds is 6. The van der Waals surface area contributed by atoms with Crippen molar-refractivity contribution in [3.63, 3.8) is 0 Å². The number of hydrogen-bond acceptors (Lipinski definition) is 4. The van der Waals surface area contributed by atoms with Gasteiger partial charge < -0.3 is 11.1 Å². The molecule has 0 radical (unpaired) electrons. The molecule has 1 fully saturated rings. The molecule has 5 nitrogen and oxygen atoms in total. The van der Waals surface area contributed by atoms with E-state index in [0.29, 0.717) is 13.0 Å². The summed E-state index contributed by atoms with van der Waals surface area (Å²) in [6.07, 6.45) is 4.68. The molecule has 1 amide bonds. The molecule has 2 unspecified atom stereocenters. The van der Waals surface area contributed by atoms with Gasteiger partial charge in [-0.1, -0.05) is 19.8 Å². The minimum atomic E-state index is -3.25. The molecular weight excluding hydrogens is 288 g/mol. The third kappa shape index (κ3) is 6.58. The van der Waals surface area contributed by atoms with E-state index in [-0.39, 0.29) is 36.0 Å². The highest BCUT2D eigenvalue weighted by Gasteiger charge is 2.26. The first-order valence-corrected chi connectivity index (χ1v) is 8.50. The molecule has 0 aliphatic heterocycles. The largest absolute Gasteiger partial charge is 0.352 e. The van der Waals surface area contributed by atoms with E-state index in [1.807, 2.05) is 0 Å². The molecule has 114 valence electrons. The Bertz CT molecular complexity index is 373. The van der Waals surface area contributed by atoms with Gasteiger partial charge in [0.15, 0.2) is 9.84 Å². The van der Waals surface area contributed by atoms with E-state index >= 15 is 0 Å². The molecule has 0 heterocycles. The first-order chi connectivity index (χ1) is 8.48. The van der Waals surface area contributed by atoms with Crippen LogP contribution in [0.2, 0.25) is 0 Å². The van der Waals surface area contributed by atoms with E-state index in [1.54, 1.807) is 6.92 Å². The molecule has 0 aromatic rings. The number of nitrogens with one attached hydrogen (secondary N) is 1. The van der Waals surface area contributed by atoms with Crippen LogP contribution >= 0.6 is 12.4 Å². The number of halogens is 1. The van der Waals surface area contributed by atoms with Gasteiger partial charge >= 0.3 is 0 Å². The molecule has 0 bridgehead atoms. The van der Waals surface area contributed by atoms with Gasteiger partial charge in [0.05, 0.1) is 5.75 Å². The fourth-order valence-electron chi connectivity index (χ4n) is 2.51. The number of nitrogens with two attached hydrogens (primary N) is 1. The Morgan fingerprint density at radius 3 is 2.53 bits per heavy atom. The first kappa shape index (κ1) is 18.7. The van der Waals surface area contributed by atoms with Gasteiger partial charge in [-0.05, 0) is 31.7 Å². The van der Waals surface area contributed by atoms with Crippen molar-refractivity contribution in [1.82, 2.24) is 5.32 Å². The summed E-state index contributed by atoms with van der Waals surface area (Å²) >= 11 is 0. The summed E-state index contributed by atoms with van der Waals surface area (Å²) in [5.74, 6) is -0.412. The number of hydrogen-bond donors (Lipinski definition) is 2. The molecule has 2 atom stereocenters. The van der Waals surface area contributed by atoms with Gasteiger partial charge in [0.2, 0.25) is 5.91 Å². The fourth-order valence-corrected chi connectivity index (χ4v) is 3.76. The van der Waals surface area contributed by atoms with Crippen molar-refractivity contribution >= 4 is 28.2 Å². The predicted octanol–water partition coefficient (Wildman–Crippen LogP) is 0.867. The highest BCUT2D eigenvalue weighted by molar-refractivity contribution is 7.92. The fraction of sp³-hybridized carbons (Fsp3) is 0.917. The van der Waals surface area contributed by atoms with Crippen LogP contribution in [0, 0.1) is 5.92 Å². The van der Waals surface area contributed by atoms with Crippen molar-refractivity contribution in [2.75, 3.05) is 18.1 Å². The molecule has 0 spiro atoms. The van der Waals surface area contributed by atoms with Crippen LogP contribution in [0.5, 0.6) is 0 Å². The van der Waals surface area contributed by atoms with Crippen LogP contribution in [0.25, 0.3) is 0 Å². The van der Waals surface area contributed by atoms with Crippen LogP contribution in [0.3, 0.4) is 0 Å². The summed E-state index contributed by atoms with van der Waals surface area (Å²) < 4.78 is 23.1. The third-order valence-corrected chi connectivity index (χ3v) is 5.16. The van der Waals surface area contributed by atoms with Crippen LogP contribution in [0.15, 0.2) is 0 Å². The highest BCUT2D eigenvalue weighted by Crippen LogP contribution is 2.23. The Balaban J connectivity index is 0.00000324. The van der Waals surface area contributed by atoms with Crippen LogP contribution in [0.1, 0.15) is 39.0 Å². The molecule has 0 saturated heterocycles. The van der Waals surface area contributed by atoms with Gasteiger partial charge in [-0.15, -0.1) is 12.4 Å². The first-order valence-electron chi connectivity index (χ1n) is 6.68. The second kappa shape index (κ2) is 8.76. The third-order valence-electron chi connectivity index (χ3n) is 3.42. The normalized spacial score (nSPS) is 23.5. The molecule has 1 aliphatic carbocycles. The van der Waals surface area contributed by atoms with E-state index < -0.39 is 15.6 Å². The van der Waals surface area contributed by atoms with Crippen molar-refractivity contribution in [2.45, 2.75) is 45.1 Å². The van der Waals surface area contributed by atoms with Crippen LogP contribution in [-0.4, -0.2) is 38.4 Å². The average Bonchev–Trinajstić information content (AvgIpc) is 2.28. The van der Waals surface area contributed by atoms with Crippen LogP contribution in [-0.2, 0) is 14.6 Å². The zero-order valence-electron chi connectivity index (χ0n) is 11.4. The zero-order chi connectivity index (χ0) is 13.6. The Morgan fingerprint density at radius 2 is 1.95 bits per heavy atom. The van der Waals surface area contributed by atoms with Crippen LogP contribution in [0.4, 0.5) is 0 Å². The van der Waals surface area contributed by atoms with Crippen molar-refractivity contribution in [1.29, 1.82) is 0 Å². The van der Waals surface area contributed by atoms with Gasteiger partial charge in [-0.2, -0.15) is 0 Å². The second-order valence-corrected chi connectivity index (χ2v) is 7.23. The molecule has 1 saturated carbocycles. The molecule has 0 aromatic carbocycles. The van der Waals surface area contributed by atoms with E-state index in [1.165, 1.54) is 0 Å². The van der Waals surface area contributed by atoms with E-state index in [4.69, 9.17) is 5.73 Å². The quantitative estimate of drug-likeness (QED) is 0.761. The lowest BCUT2D eigenvalue weighted by molar-refractivity contribution is -0.119. The Morgan fingerprint density at radius 1 is 1.32 bits per heavy atom. The topological polar surface area (TPSA) is 89.3 Å². The minimum absolute atomic E-state index is 0. The van der Waals surface area contributed by atoms with Gasteiger partial charge in [0.1, 0.15) is 5.75 Å². The standard InChI is InChI=1S/C12H24N2O3S.ClH/c1-2-7-18(16,17)9-12(15)14-11-6-4-3-5-10(11)8-13;/h10-11H,2-9,13H2,1H3,(H,14,15);1H. The number of sulfone groups is 1. The molecule has 1 aliphatic rings. The maximum Gasteiger partial charge on any atom is 0.235 e. The Hall–Kier alpha value is -0.330. The lowest BCUT2D eigenvalue weighted by atomic mass is 9.84.